The van der Waals surface area contributed by atoms with Crippen molar-refractivity contribution in [3.05, 3.63) is 0 Å². The summed E-state index contributed by atoms with van der Waals surface area (Å²) < 4.78 is 0. The zero-order valence-electron chi connectivity index (χ0n) is 7.99. The van der Waals surface area contributed by atoms with Gasteiger partial charge in [0.25, 0.3) is 0 Å². The number of nitrogens with one attached hydrogen (secondary N) is 1. The molecule has 62 valence electrons. The third kappa shape index (κ3) is 3.21. The first kappa shape index (κ1) is 9.96. The second-order valence-electron chi connectivity index (χ2n) is 3.65. The van der Waals surface area contributed by atoms with Crippen LogP contribution in [0.25, 0.3) is 0 Å². The lowest BCUT2D eigenvalue weighted by molar-refractivity contribution is 0.405. The van der Waals surface area contributed by atoms with Gasteiger partial charge in [0.1, 0.15) is 0 Å². The highest BCUT2D eigenvalue weighted by Gasteiger charge is 2.27. The van der Waals surface area contributed by atoms with Gasteiger partial charge < -0.3 is 5.32 Å². The molecule has 0 radical (unpaired) electrons. The molecule has 1 heteroatoms. The molecule has 1 aliphatic rings. The molecule has 10 heavy (non-hydrogen) atoms. The van der Waals surface area contributed by atoms with Crippen molar-refractivity contribution in [3.8, 4) is 0 Å². The molecule has 1 nitrogen and oxygen atoms in total. The van der Waals surface area contributed by atoms with Gasteiger partial charge in [0.2, 0.25) is 0 Å². The average Bonchev–Trinajstić information content (AvgIpc) is 2.15. The summed E-state index contributed by atoms with van der Waals surface area (Å²) in [6.45, 7) is 12.1. The molecule has 0 aliphatic carbocycles. The van der Waals surface area contributed by atoms with Gasteiger partial charge in [0, 0.05) is 12.6 Å². The Morgan fingerprint density at radius 3 is 1.90 bits per heavy atom. The van der Waals surface area contributed by atoms with E-state index in [0.717, 1.165) is 6.04 Å². The lowest BCUT2D eigenvalue weighted by Crippen LogP contribution is -2.18. The molecule has 0 spiro atoms. The summed E-state index contributed by atoms with van der Waals surface area (Å²) in [5.41, 5.74) is 0.555. The number of hydrogen-bond acceptors (Lipinski definition) is 1. The maximum absolute atomic E-state index is 3.41. The fourth-order valence-electron chi connectivity index (χ4n) is 1.42. The molecule has 1 unspecified atom stereocenters. The molecule has 1 atom stereocenters. The lowest BCUT2D eigenvalue weighted by atomic mass is 9.91. The highest BCUT2D eigenvalue weighted by molar-refractivity contribution is 4.84. The van der Waals surface area contributed by atoms with Gasteiger partial charge in [-0.2, -0.15) is 0 Å². The van der Waals surface area contributed by atoms with Crippen LogP contribution < -0.4 is 5.32 Å². The zero-order chi connectivity index (χ0) is 8.20. The van der Waals surface area contributed by atoms with Crippen LogP contribution in [0.1, 0.15) is 41.0 Å². The Labute approximate surface area is 65.2 Å². The van der Waals surface area contributed by atoms with E-state index in [-0.39, 0.29) is 0 Å². The van der Waals surface area contributed by atoms with Gasteiger partial charge in [0.15, 0.2) is 0 Å². The van der Waals surface area contributed by atoms with Crippen molar-refractivity contribution < 1.29 is 0 Å². The van der Waals surface area contributed by atoms with E-state index in [2.05, 4.69) is 26.1 Å². The Balaban J connectivity index is 0.000000371. The van der Waals surface area contributed by atoms with Gasteiger partial charge in [-0.25, -0.2) is 0 Å². The standard InChI is InChI=1S/C7H15N.C2H6/c1-6-4-7(2,3)5-8-6;1-2/h6,8H,4-5H2,1-3H3;1-2H3. The minimum Gasteiger partial charge on any atom is -0.314 e. The summed E-state index contributed by atoms with van der Waals surface area (Å²) in [7, 11) is 0. The molecule has 1 N–H and O–H groups in total. The van der Waals surface area contributed by atoms with Crippen molar-refractivity contribution in [1.29, 1.82) is 0 Å². The first-order valence-corrected chi connectivity index (χ1v) is 4.33. The summed E-state index contributed by atoms with van der Waals surface area (Å²) in [5, 5.41) is 3.41. The van der Waals surface area contributed by atoms with Crippen LogP contribution in [-0.4, -0.2) is 12.6 Å². The SMILES string of the molecule is CC.CC1CC(C)(C)CN1. The fraction of sp³-hybridized carbons (Fsp3) is 1.00. The number of rotatable bonds is 0. The van der Waals surface area contributed by atoms with Gasteiger partial charge in [0.05, 0.1) is 0 Å². The third-order valence-electron chi connectivity index (χ3n) is 1.79. The van der Waals surface area contributed by atoms with Crippen molar-refractivity contribution in [2.45, 2.75) is 47.1 Å². The first-order valence-electron chi connectivity index (χ1n) is 4.33. The van der Waals surface area contributed by atoms with Crippen LogP contribution in [0.4, 0.5) is 0 Å². The van der Waals surface area contributed by atoms with Crippen molar-refractivity contribution in [2.75, 3.05) is 6.54 Å². The molecule has 1 fully saturated rings. The van der Waals surface area contributed by atoms with Crippen molar-refractivity contribution in [3.63, 3.8) is 0 Å². The quantitative estimate of drug-likeness (QED) is 0.549. The van der Waals surface area contributed by atoms with Crippen LogP contribution in [0.2, 0.25) is 0 Å². The van der Waals surface area contributed by atoms with Crippen molar-refractivity contribution in [2.24, 2.45) is 5.41 Å². The topological polar surface area (TPSA) is 12.0 Å². The van der Waals surface area contributed by atoms with Crippen LogP contribution in [-0.2, 0) is 0 Å². The summed E-state index contributed by atoms with van der Waals surface area (Å²) in [6.07, 6.45) is 1.33. The van der Waals surface area contributed by atoms with Crippen LogP contribution in [0.3, 0.4) is 0 Å². The molecule has 0 saturated carbocycles. The molecular formula is C9H21N. The van der Waals surface area contributed by atoms with E-state index in [9.17, 15) is 0 Å². The Morgan fingerprint density at radius 1 is 1.30 bits per heavy atom. The monoisotopic (exact) mass is 143 g/mol. The summed E-state index contributed by atoms with van der Waals surface area (Å²) >= 11 is 0. The summed E-state index contributed by atoms with van der Waals surface area (Å²) in [6, 6.07) is 0.741. The van der Waals surface area contributed by atoms with Gasteiger partial charge in [-0.05, 0) is 18.8 Å². The molecule has 1 saturated heterocycles. The molecule has 0 aromatic heterocycles. The van der Waals surface area contributed by atoms with Crippen molar-refractivity contribution >= 4 is 0 Å². The molecule has 0 aromatic carbocycles. The molecular weight excluding hydrogens is 122 g/mol. The maximum Gasteiger partial charge on any atom is 0.00445 e. The van der Waals surface area contributed by atoms with Gasteiger partial charge in [-0.15, -0.1) is 0 Å². The normalized spacial score (nSPS) is 29.1. The van der Waals surface area contributed by atoms with E-state index in [1.807, 2.05) is 13.8 Å². The largest absolute Gasteiger partial charge is 0.314 e. The third-order valence-corrected chi connectivity index (χ3v) is 1.79. The molecule has 1 rings (SSSR count). The highest BCUT2D eigenvalue weighted by atomic mass is 15.0. The predicted octanol–water partition coefficient (Wildman–Crippen LogP) is 2.42. The fourth-order valence-corrected chi connectivity index (χ4v) is 1.42. The summed E-state index contributed by atoms with van der Waals surface area (Å²) in [4.78, 5) is 0. The Hall–Kier alpha value is -0.0400. The van der Waals surface area contributed by atoms with Gasteiger partial charge in [-0.3, -0.25) is 0 Å². The minimum atomic E-state index is 0.555. The Bertz CT molecular complexity index is 86.7. The molecule has 0 aromatic rings. The second-order valence-corrected chi connectivity index (χ2v) is 3.65. The molecule has 1 heterocycles. The van der Waals surface area contributed by atoms with Gasteiger partial charge in [-0.1, -0.05) is 27.7 Å². The van der Waals surface area contributed by atoms with E-state index in [0.29, 0.717) is 5.41 Å². The second kappa shape index (κ2) is 3.97. The molecule has 1 aliphatic heterocycles. The van der Waals surface area contributed by atoms with Crippen LogP contribution in [0.15, 0.2) is 0 Å². The van der Waals surface area contributed by atoms with E-state index in [1.54, 1.807) is 0 Å². The van der Waals surface area contributed by atoms with E-state index < -0.39 is 0 Å². The van der Waals surface area contributed by atoms with Crippen LogP contribution in [0.5, 0.6) is 0 Å². The van der Waals surface area contributed by atoms with Crippen molar-refractivity contribution in [1.82, 2.24) is 5.32 Å². The molecule has 0 amide bonds. The smallest absolute Gasteiger partial charge is 0.00445 e. The average molecular weight is 143 g/mol. The number of hydrogen-bond donors (Lipinski definition) is 1. The van der Waals surface area contributed by atoms with Crippen LogP contribution in [0, 0.1) is 5.41 Å². The van der Waals surface area contributed by atoms with E-state index in [4.69, 9.17) is 0 Å². The first-order chi connectivity index (χ1) is 4.60. The Kier molecular flexibility index (Phi) is 3.95. The predicted molar refractivity (Wildman–Crippen MR) is 47.2 cm³/mol. The Morgan fingerprint density at radius 2 is 1.80 bits per heavy atom. The lowest BCUT2D eigenvalue weighted by Gasteiger charge is -2.13. The maximum atomic E-state index is 3.41. The highest BCUT2D eigenvalue weighted by Crippen LogP contribution is 2.26. The van der Waals surface area contributed by atoms with Gasteiger partial charge >= 0.3 is 0 Å². The minimum absolute atomic E-state index is 0.555. The summed E-state index contributed by atoms with van der Waals surface area (Å²) in [5.74, 6) is 0. The zero-order valence-corrected chi connectivity index (χ0v) is 7.99. The van der Waals surface area contributed by atoms with E-state index >= 15 is 0 Å². The molecule has 0 bridgehead atoms. The van der Waals surface area contributed by atoms with Crippen LogP contribution >= 0.6 is 0 Å². The van der Waals surface area contributed by atoms with E-state index in [1.165, 1.54) is 13.0 Å².